The van der Waals surface area contributed by atoms with Gasteiger partial charge in [-0.3, -0.25) is 5.43 Å². The maximum Gasteiger partial charge on any atom is 0.0723 e. The van der Waals surface area contributed by atoms with E-state index in [1.54, 1.807) is 0 Å². The summed E-state index contributed by atoms with van der Waals surface area (Å²) in [5.74, 6) is 0. The third-order valence-electron chi connectivity index (χ3n) is 4.39. The van der Waals surface area contributed by atoms with Crippen LogP contribution >= 0.6 is 0 Å². The highest BCUT2D eigenvalue weighted by molar-refractivity contribution is 6.04. The van der Waals surface area contributed by atoms with E-state index in [4.69, 9.17) is 5.10 Å². The van der Waals surface area contributed by atoms with Crippen molar-refractivity contribution >= 4 is 22.2 Å². The van der Waals surface area contributed by atoms with Gasteiger partial charge in [-0.05, 0) is 40.1 Å². The van der Waals surface area contributed by atoms with Crippen molar-refractivity contribution in [2.45, 2.75) is 6.42 Å². The summed E-state index contributed by atoms with van der Waals surface area (Å²) in [6.07, 6.45) is 0.777. The second kappa shape index (κ2) is 7.66. The molecule has 0 aliphatic heterocycles. The maximum absolute atomic E-state index is 4.73. The molecule has 0 radical (unpaired) electrons. The van der Waals surface area contributed by atoms with Gasteiger partial charge in [0.2, 0.25) is 0 Å². The van der Waals surface area contributed by atoms with E-state index in [0.717, 1.165) is 23.4 Å². The van der Waals surface area contributed by atoms with Gasteiger partial charge in [0.05, 0.1) is 11.4 Å². The minimum absolute atomic E-state index is 0.777. The van der Waals surface area contributed by atoms with Gasteiger partial charge in [-0.2, -0.15) is 5.10 Å². The van der Waals surface area contributed by atoms with E-state index < -0.39 is 0 Å². The number of anilines is 1. The predicted molar refractivity (Wildman–Crippen MR) is 111 cm³/mol. The zero-order chi connectivity index (χ0) is 17.6. The van der Waals surface area contributed by atoms with Crippen molar-refractivity contribution in [1.82, 2.24) is 0 Å². The van der Waals surface area contributed by atoms with Crippen LogP contribution in [0.2, 0.25) is 0 Å². The number of benzene rings is 4. The molecular formula is C24H20N2. The Hall–Kier alpha value is -3.39. The molecule has 0 saturated heterocycles. The van der Waals surface area contributed by atoms with E-state index >= 15 is 0 Å². The molecule has 0 fully saturated rings. The molecule has 126 valence electrons. The molecule has 0 bridgehead atoms. The number of rotatable bonds is 5. The lowest BCUT2D eigenvalue weighted by Gasteiger charge is -2.10. The fraction of sp³-hybridized carbons (Fsp3) is 0.0417. The van der Waals surface area contributed by atoms with Crippen LogP contribution in [0.5, 0.6) is 0 Å². The fourth-order valence-electron chi connectivity index (χ4n) is 3.01. The normalized spacial score (nSPS) is 11.5. The Morgan fingerprint density at radius 3 is 2.08 bits per heavy atom. The molecule has 0 atom stereocenters. The monoisotopic (exact) mass is 336 g/mol. The van der Waals surface area contributed by atoms with Crippen LogP contribution in [0.25, 0.3) is 10.8 Å². The average molecular weight is 336 g/mol. The van der Waals surface area contributed by atoms with Crippen LogP contribution in [0.3, 0.4) is 0 Å². The zero-order valence-electron chi connectivity index (χ0n) is 14.5. The number of nitrogens with one attached hydrogen (secondary N) is 1. The lowest BCUT2D eigenvalue weighted by Crippen LogP contribution is -2.08. The van der Waals surface area contributed by atoms with Crippen LogP contribution in [0, 0.1) is 0 Å². The maximum atomic E-state index is 4.73. The van der Waals surface area contributed by atoms with Crippen molar-refractivity contribution in [1.29, 1.82) is 0 Å². The van der Waals surface area contributed by atoms with E-state index in [1.165, 1.54) is 16.3 Å². The number of fused-ring (bicyclic) bond motifs is 1. The fourth-order valence-corrected chi connectivity index (χ4v) is 3.01. The molecule has 0 spiro atoms. The summed E-state index contributed by atoms with van der Waals surface area (Å²) in [4.78, 5) is 0. The van der Waals surface area contributed by atoms with Gasteiger partial charge in [-0.25, -0.2) is 0 Å². The number of hydrogen-bond donors (Lipinski definition) is 1. The van der Waals surface area contributed by atoms with Gasteiger partial charge in [0.25, 0.3) is 0 Å². The number of para-hydroxylation sites is 1. The zero-order valence-corrected chi connectivity index (χ0v) is 14.5. The quantitative estimate of drug-likeness (QED) is 0.356. The van der Waals surface area contributed by atoms with Gasteiger partial charge in [0.1, 0.15) is 0 Å². The highest BCUT2D eigenvalue weighted by atomic mass is 15.3. The first kappa shape index (κ1) is 16.1. The molecule has 0 unspecified atom stereocenters. The minimum Gasteiger partial charge on any atom is -0.278 e. The summed E-state index contributed by atoms with van der Waals surface area (Å²) in [6.45, 7) is 0. The Bertz CT molecular complexity index is 1020. The second-order valence-corrected chi connectivity index (χ2v) is 6.26. The molecule has 2 heteroatoms. The standard InChI is InChI=1S/C24H20N2/c1-3-9-19(10-4-1)17-24(26-25-23-13-5-2-6-14-23)22-16-15-20-11-7-8-12-21(20)18-22/h1-16,18,25H,17H2/b26-24+. The van der Waals surface area contributed by atoms with E-state index in [0.29, 0.717) is 0 Å². The number of hydrogen-bond acceptors (Lipinski definition) is 2. The van der Waals surface area contributed by atoms with Gasteiger partial charge in [0.15, 0.2) is 0 Å². The Labute approximate surface area is 153 Å². The SMILES string of the molecule is c1ccc(C/C(=N\Nc2ccccc2)c2ccc3ccccc3c2)cc1. The van der Waals surface area contributed by atoms with Gasteiger partial charge in [0, 0.05) is 6.42 Å². The molecule has 0 saturated carbocycles. The van der Waals surface area contributed by atoms with E-state index in [2.05, 4.69) is 72.2 Å². The van der Waals surface area contributed by atoms with Gasteiger partial charge in [-0.15, -0.1) is 0 Å². The van der Waals surface area contributed by atoms with Gasteiger partial charge in [-0.1, -0.05) is 84.9 Å². The van der Waals surface area contributed by atoms with Crippen LogP contribution in [0.4, 0.5) is 5.69 Å². The summed E-state index contributed by atoms with van der Waals surface area (Å²) in [5, 5.41) is 7.20. The molecule has 0 amide bonds. The van der Waals surface area contributed by atoms with Crippen molar-refractivity contribution in [2.75, 3.05) is 5.43 Å². The Kier molecular flexibility index (Phi) is 4.74. The summed E-state index contributed by atoms with van der Waals surface area (Å²) >= 11 is 0. The molecule has 1 N–H and O–H groups in total. The summed E-state index contributed by atoms with van der Waals surface area (Å²) < 4.78 is 0. The largest absolute Gasteiger partial charge is 0.278 e. The Morgan fingerprint density at radius 1 is 0.654 bits per heavy atom. The summed E-state index contributed by atoms with van der Waals surface area (Å²) in [6, 6.07) is 35.4. The van der Waals surface area contributed by atoms with Crippen LogP contribution in [0.1, 0.15) is 11.1 Å². The first-order chi connectivity index (χ1) is 12.9. The molecule has 0 aliphatic rings. The lowest BCUT2D eigenvalue weighted by atomic mass is 9.99. The molecule has 4 rings (SSSR count). The molecular weight excluding hydrogens is 316 g/mol. The third-order valence-corrected chi connectivity index (χ3v) is 4.39. The Morgan fingerprint density at radius 2 is 1.31 bits per heavy atom. The van der Waals surface area contributed by atoms with Crippen molar-refractivity contribution in [3.8, 4) is 0 Å². The molecule has 0 aromatic heterocycles. The van der Waals surface area contributed by atoms with Crippen LogP contribution in [-0.2, 0) is 6.42 Å². The van der Waals surface area contributed by atoms with E-state index in [9.17, 15) is 0 Å². The smallest absolute Gasteiger partial charge is 0.0723 e. The Balaban J connectivity index is 1.70. The number of nitrogens with zero attached hydrogens (tertiary/aromatic N) is 1. The second-order valence-electron chi connectivity index (χ2n) is 6.26. The molecule has 2 nitrogen and oxygen atoms in total. The minimum atomic E-state index is 0.777. The van der Waals surface area contributed by atoms with Gasteiger partial charge >= 0.3 is 0 Å². The van der Waals surface area contributed by atoms with Crippen molar-refractivity contribution in [3.63, 3.8) is 0 Å². The predicted octanol–water partition coefficient (Wildman–Crippen LogP) is 5.90. The summed E-state index contributed by atoms with van der Waals surface area (Å²) in [5.41, 5.74) is 7.58. The van der Waals surface area contributed by atoms with E-state index in [-0.39, 0.29) is 0 Å². The highest BCUT2D eigenvalue weighted by Gasteiger charge is 2.07. The van der Waals surface area contributed by atoms with Crippen molar-refractivity contribution in [3.05, 3.63) is 114 Å². The third kappa shape index (κ3) is 3.81. The lowest BCUT2D eigenvalue weighted by molar-refractivity contribution is 1.25. The van der Waals surface area contributed by atoms with Gasteiger partial charge < -0.3 is 0 Å². The topological polar surface area (TPSA) is 24.4 Å². The molecule has 4 aromatic rings. The van der Waals surface area contributed by atoms with Crippen LogP contribution in [-0.4, -0.2) is 5.71 Å². The molecule has 0 aliphatic carbocycles. The average Bonchev–Trinajstić information content (AvgIpc) is 2.72. The van der Waals surface area contributed by atoms with Crippen LogP contribution < -0.4 is 5.43 Å². The van der Waals surface area contributed by atoms with Crippen molar-refractivity contribution in [2.24, 2.45) is 5.10 Å². The van der Waals surface area contributed by atoms with Crippen LogP contribution in [0.15, 0.2) is 108 Å². The summed E-state index contributed by atoms with van der Waals surface area (Å²) in [7, 11) is 0. The molecule has 26 heavy (non-hydrogen) atoms. The molecule has 4 aromatic carbocycles. The number of hydrazone groups is 1. The molecule has 0 heterocycles. The first-order valence-corrected chi connectivity index (χ1v) is 8.79. The first-order valence-electron chi connectivity index (χ1n) is 8.79. The highest BCUT2D eigenvalue weighted by Crippen LogP contribution is 2.18. The van der Waals surface area contributed by atoms with E-state index in [1.807, 2.05) is 36.4 Å². The van der Waals surface area contributed by atoms with Crippen molar-refractivity contribution < 1.29 is 0 Å².